The molecule has 1 aromatic carbocycles. The van der Waals surface area contributed by atoms with Crippen molar-refractivity contribution < 1.29 is 0 Å². The van der Waals surface area contributed by atoms with Gasteiger partial charge in [-0.3, -0.25) is 0 Å². The summed E-state index contributed by atoms with van der Waals surface area (Å²) in [6, 6.07) is 11.6. The molecule has 0 bridgehead atoms. The third-order valence-electron chi connectivity index (χ3n) is 6.13. The van der Waals surface area contributed by atoms with Crippen molar-refractivity contribution in [3.63, 3.8) is 0 Å². The van der Waals surface area contributed by atoms with Crippen LogP contribution < -0.4 is 0 Å². The summed E-state index contributed by atoms with van der Waals surface area (Å²) >= 11 is 0. The molecular weight excluding hydrogens is 292 g/mol. The molecule has 24 heavy (non-hydrogen) atoms. The molecule has 2 nitrogen and oxygen atoms in total. The van der Waals surface area contributed by atoms with Gasteiger partial charge in [0, 0.05) is 30.2 Å². The van der Waals surface area contributed by atoms with Crippen LogP contribution in [0.4, 0.5) is 0 Å². The van der Waals surface area contributed by atoms with Crippen molar-refractivity contribution in [2.45, 2.75) is 64.5 Å². The van der Waals surface area contributed by atoms with Crippen molar-refractivity contribution in [3.8, 4) is 11.4 Å². The first-order valence-electron chi connectivity index (χ1n) is 9.61. The van der Waals surface area contributed by atoms with E-state index in [1.807, 2.05) is 0 Å². The maximum atomic E-state index is 2.63. The first-order chi connectivity index (χ1) is 11.8. The van der Waals surface area contributed by atoms with E-state index in [0.29, 0.717) is 0 Å². The second-order valence-corrected chi connectivity index (χ2v) is 7.71. The van der Waals surface area contributed by atoms with Gasteiger partial charge in [0.25, 0.3) is 0 Å². The van der Waals surface area contributed by atoms with Gasteiger partial charge in [0.15, 0.2) is 0 Å². The number of rotatable bonds is 1. The van der Waals surface area contributed by atoms with Crippen LogP contribution in [0.15, 0.2) is 36.5 Å². The second kappa shape index (κ2) is 5.54. The van der Waals surface area contributed by atoms with Crippen molar-refractivity contribution in [2.24, 2.45) is 0 Å². The molecule has 2 aromatic heterocycles. The van der Waals surface area contributed by atoms with Crippen LogP contribution in [0.25, 0.3) is 22.3 Å². The molecule has 0 amide bonds. The van der Waals surface area contributed by atoms with Crippen LogP contribution in [0.1, 0.15) is 55.6 Å². The molecule has 0 spiro atoms. The van der Waals surface area contributed by atoms with Gasteiger partial charge in [-0.05, 0) is 61.4 Å². The fourth-order valence-corrected chi connectivity index (χ4v) is 5.02. The predicted molar refractivity (Wildman–Crippen MR) is 101 cm³/mol. The minimum absolute atomic E-state index is 0.738. The van der Waals surface area contributed by atoms with Crippen molar-refractivity contribution in [1.29, 1.82) is 0 Å². The summed E-state index contributed by atoms with van der Waals surface area (Å²) in [4.78, 5) is 0. The Hall–Kier alpha value is -1.96. The summed E-state index contributed by atoms with van der Waals surface area (Å²) in [6.07, 6.45) is 10.4. The Morgan fingerprint density at radius 1 is 0.958 bits per heavy atom. The molecule has 3 heterocycles. The number of hydrogen-bond donors (Lipinski definition) is 0. The monoisotopic (exact) mass is 318 g/mol. The lowest BCUT2D eigenvalue weighted by Crippen LogP contribution is -2.07. The lowest BCUT2D eigenvalue weighted by molar-refractivity contribution is 0.445. The zero-order valence-electron chi connectivity index (χ0n) is 14.6. The SMILES string of the molecule is Cc1ccc2c(C3CCCCC3)c3n(c2c1)CCCn1cccc1-3. The van der Waals surface area contributed by atoms with Gasteiger partial charge in [0.2, 0.25) is 0 Å². The molecule has 1 aliphatic heterocycles. The summed E-state index contributed by atoms with van der Waals surface area (Å²) in [6.45, 7) is 4.50. The summed E-state index contributed by atoms with van der Waals surface area (Å²) in [7, 11) is 0. The van der Waals surface area contributed by atoms with Gasteiger partial charge in [-0.25, -0.2) is 0 Å². The van der Waals surface area contributed by atoms with Gasteiger partial charge in [0.1, 0.15) is 0 Å². The summed E-state index contributed by atoms with van der Waals surface area (Å²) in [5.74, 6) is 0.738. The molecule has 5 rings (SSSR count). The van der Waals surface area contributed by atoms with Crippen LogP contribution in [-0.2, 0) is 13.1 Å². The molecule has 0 saturated heterocycles. The van der Waals surface area contributed by atoms with Gasteiger partial charge in [-0.15, -0.1) is 0 Å². The fourth-order valence-electron chi connectivity index (χ4n) is 5.02. The van der Waals surface area contributed by atoms with Crippen molar-refractivity contribution in [1.82, 2.24) is 9.13 Å². The van der Waals surface area contributed by atoms with Gasteiger partial charge < -0.3 is 9.13 Å². The summed E-state index contributed by atoms with van der Waals surface area (Å²) in [5.41, 5.74) is 7.43. The van der Waals surface area contributed by atoms with E-state index in [1.54, 1.807) is 5.56 Å². The van der Waals surface area contributed by atoms with Crippen molar-refractivity contribution in [2.75, 3.05) is 0 Å². The minimum Gasteiger partial charge on any atom is -0.346 e. The highest BCUT2D eigenvalue weighted by atomic mass is 15.1. The number of aromatic nitrogens is 2. The first-order valence-corrected chi connectivity index (χ1v) is 9.61. The largest absolute Gasteiger partial charge is 0.346 e. The number of nitrogens with zero attached hydrogens (tertiary/aromatic N) is 2. The molecule has 2 heteroatoms. The Kier molecular flexibility index (Phi) is 3.32. The van der Waals surface area contributed by atoms with E-state index in [4.69, 9.17) is 0 Å². The van der Waals surface area contributed by atoms with Gasteiger partial charge in [-0.2, -0.15) is 0 Å². The number of hydrogen-bond acceptors (Lipinski definition) is 0. The number of benzene rings is 1. The second-order valence-electron chi connectivity index (χ2n) is 7.71. The first kappa shape index (κ1) is 14.4. The van der Waals surface area contributed by atoms with Crippen LogP contribution in [-0.4, -0.2) is 9.13 Å². The van der Waals surface area contributed by atoms with Crippen molar-refractivity contribution >= 4 is 10.9 Å². The predicted octanol–water partition coefficient (Wildman–Crippen LogP) is 5.87. The highest BCUT2D eigenvalue weighted by Gasteiger charge is 2.28. The molecule has 1 fully saturated rings. The Bertz CT molecular complexity index is 890. The van der Waals surface area contributed by atoms with Gasteiger partial charge in [0.05, 0.1) is 11.4 Å². The number of fused-ring (bicyclic) bond motifs is 5. The van der Waals surface area contributed by atoms with Crippen LogP contribution in [0.5, 0.6) is 0 Å². The van der Waals surface area contributed by atoms with E-state index in [9.17, 15) is 0 Å². The fraction of sp³-hybridized carbons (Fsp3) is 0.455. The molecule has 3 aromatic rings. The van der Waals surface area contributed by atoms with E-state index >= 15 is 0 Å². The molecule has 1 aliphatic carbocycles. The van der Waals surface area contributed by atoms with Crippen LogP contribution in [0, 0.1) is 6.92 Å². The average molecular weight is 318 g/mol. The average Bonchev–Trinajstić information content (AvgIpc) is 3.14. The topological polar surface area (TPSA) is 9.86 Å². The molecule has 2 aliphatic rings. The van der Waals surface area contributed by atoms with E-state index in [0.717, 1.165) is 19.0 Å². The van der Waals surface area contributed by atoms with E-state index in [1.165, 1.54) is 66.4 Å². The van der Waals surface area contributed by atoms with Crippen LogP contribution >= 0.6 is 0 Å². The minimum atomic E-state index is 0.738. The highest BCUT2D eigenvalue weighted by Crippen LogP contribution is 2.45. The zero-order chi connectivity index (χ0) is 16.1. The van der Waals surface area contributed by atoms with Gasteiger partial charge in [-0.1, -0.05) is 31.4 Å². The molecule has 0 N–H and O–H groups in total. The quantitative estimate of drug-likeness (QED) is 0.531. The molecule has 124 valence electrons. The molecule has 0 atom stereocenters. The van der Waals surface area contributed by atoms with E-state index in [2.05, 4.69) is 52.6 Å². The zero-order valence-corrected chi connectivity index (χ0v) is 14.6. The molecule has 1 saturated carbocycles. The maximum absolute atomic E-state index is 2.63. The third kappa shape index (κ3) is 2.08. The summed E-state index contributed by atoms with van der Waals surface area (Å²) < 4.78 is 5.10. The van der Waals surface area contributed by atoms with Crippen molar-refractivity contribution in [3.05, 3.63) is 47.7 Å². The third-order valence-corrected chi connectivity index (χ3v) is 6.13. The van der Waals surface area contributed by atoms with Gasteiger partial charge >= 0.3 is 0 Å². The Balaban J connectivity index is 1.84. The molecule has 0 radical (unpaired) electrons. The standard InChI is InChI=1S/C22H26N2/c1-16-10-11-18-20(15-16)24-14-6-13-23-12-5-9-19(23)22(24)21(18)17-7-3-2-4-8-17/h5,9-12,15,17H,2-4,6-8,13-14H2,1H3. The molecule has 0 unspecified atom stereocenters. The smallest absolute Gasteiger partial charge is 0.0694 e. The van der Waals surface area contributed by atoms with Crippen LogP contribution in [0.3, 0.4) is 0 Å². The Labute approximate surface area is 144 Å². The van der Waals surface area contributed by atoms with E-state index in [-0.39, 0.29) is 0 Å². The lowest BCUT2D eigenvalue weighted by atomic mass is 9.82. The lowest BCUT2D eigenvalue weighted by Gasteiger charge is -2.23. The summed E-state index contributed by atoms with van der Waals surface area (Å²) in [5, 5.41) is 1.51. The van der Waals surface area contributed by atoms with E-state index < -0.39 is 0 Å². The normalized spacial score (nSPS) is 18.4. The Morgan fingerprint density at radius 2 is 1.83 bits per heavy atom. The molecular formula is C22H26N2. The Morgan fingerprint density at radius 3 is 2.71 bits per heavy atom. The highest BCUT2D eigenvalue weighted by molar-refractivity contribution is 5.92. The number of aryl methyl sites for hydroxylation is 3. The maximum Gasteiger partial charge on any atom is 0.0694 e. The van der Waals surface area contributed by atoms with Crippen LogP contribution in [0.2, 0.25) is 0 Å².